The van der Waals surface area contributed by atoms with Crippen molar-refractivity contribution < 1.29 is 0 Å². The Bertz CT molecular complexity index is 468. The van der Waals surface area contributed by atoms with Crippen molar-refractivity contribution >= 4 is 28.6 Å². The summed E-state index contributed by atoms with van der Waals surface area (Å²) in [6, 6.07) is 6.29. The fourth-order valence-corrected chi connectivity index (χ4v) is 2.79. The van der Waals surface area contributed by atoms with E-state index < -0.39 is 0 Å². The molecule has 0 saturated carbocycles. The summed E-state index contributed by atoms with van der Waals surface area (Å²) < 4.78 is 0. The first-order valence-corrected chi connectivity index (χ1v) is 6.83. The van der Waals surface area contributed by atoms with E-state index in [1.165, 1.54) is 4.88 Å². The first kappa shape index (κ1) is 12.4. The van der Waals surface area contributed by atoms with Crippen LogP contribution >= 0.6 is 22.9 Å². The Morgan fingerprint density at radius 3 is 2.76 bits per heavy atom. The SMILES string of the molecule is CC(C)C(Nc1cnccc1Cl)c1cccs1. The third kappa shape index (κ3) is 2.99. The molecule has 0 aliphatic carbocycles. The molecule has 4 heteroatoms. The highest BCUT2D eigenvalue weighted by Crippen LogP contribution is 2.31. The van der Waals surface area contributed by atoms with Crippen molar-refractivity contribution in [2.75, 3.05) is 5.32 Å². The second kappa shape index (κ2) is 5.52. The van der Waals surface area contributed by atoms with Gasteiger partial charge in [0.05, 0.1) is 22.9 Å². The maximum Gasteiger partial charge on any atom is 0.0721 e. The number of hydrogen-bond donors (Lipinski definition) is 1. The average molecular weight is 267 g/mol. The molecule has 1 unspecified atom stereocenters. The Kier molecular flexibility index (Phi) is 4.02. The fourth-order valence-electron chi connectivity index (χ4n) is 1.69. The molecule has 1 N–H and O–H groups in total. The molecule has 2 rings (SSSR count). The van der Waals surface area contributed by atoms with Gasteiger partial charge in [0.2, 0.25) is 0 Å². The summed E-state index contributed by atoms with van der Waals surface area (Å²) in [4.78, 5) is 5.42. The van der Waals surface area contributed by atoms with E-state index in [9.17, 15) is 0 Å². The van der Waals surface area contributed by atoms with Gasteiger partial charge < -0.3 is 5.32 Å². The second-order valence-electron chi connectivity index (χ2n) is 4.24. The number of nitrogens with zero attached hydrogens (tertiary/aromatic N) is 1. The monoisotopic (exact) mass is 266 g/mol. The predicted molar refractivity (Wildman–Crippen MR) is 74.8 cm³/mol. The van der Waals surface area contributed by atoms with Gasteiger partial charge in [-0.1, -0.05) is 31.5 Å². The highest BCUT2D eigenvalue weighted by molar-refractivity contribution is 7.10. The highest BCUT2D eigenvalue weighted by Gasteiger charge is 2.17. The zero-order chi connectivity index (χ0) is 12.3. The molecule has 17 heavy (non-hydrogen) atoms. The number of rotatable bonds is 4. The smallest absolute Gasteiger partial charge is 0.0721 e. The summed E-state index contributed by atoms with van der Waals surface area (Å²) >= 11 is 7.89. The van der Waals surface area contributed by atoms with Crippen LogP contribution in [0.1, 0.15) is 24.8 Å². The van der Waals surface area contributed by atoms with Crippen molar-refractivity contribution in [1.82, 2.24) is 4.98 Å². The molecule has 0 saturated heterocycles. The van der Waals surface area contributed by atoms with E-state index in [1.54, 1.807) is 29.8 Å². The Hall–Kier alpha value is -1.06. The molecule has 0 bridgehead atoms. The zero-order valence-electron chi connectivity index (χ0n) is 9.85. The van der Waals surface area contributed by atoms with Crippen LogP contribution in [0.4, 0.5) is 5.69 Å². The van der Waals surface area contributed by atoms with Crippen LogP contribution in [0.15, 0.2) is 36.0 Å². The molecule has 2 heterocycles. The van der Waals surface area contributed by atoms with Crippen LogP contribution in [0, 0.1) is 5.92 Å². The van der Waals surface area contributed by atoms with Crippen molar-refractivity contribution in [3.05, 3.63) is 45.9 Å². The summed E-state index contributed by atoms with van der Waals surface area (Å²) in [5.74, 6) is 0.491. The maximum atomic E-state index is 6.14. The molecule has 0 aromatic carbocycles. The molecule has 0 amide bonds. The Morgan fingerprint density at radius 2 is 2.18 bits per heavy atom. The lowest BCUT2D eigenvalue weighted by atomic mass is 10.0. The number of anilines is 1. The van der Waals surface area contributed by atoms with Gasteiger partial charge in [0.1, 0.15) is 0 Å². The molecular formula is C13H15ClN2S. The largest absolute Gasteiger partial charge is 0.375 e. The predicted octanol–water partition coefficient (Wildman–Crippen LogP) is 4.61. The average Bonchev–Trinajstić information content (AvgIpc) is 2.81. The van der Waals surface area contributed by atoms with Crippen LogP contribution in [0.25, 0.3) is 0 Å². The van der Waals surface area contributed by atoms with Crippen LogP contribution < -0.4 is 5.32 Å². The quantitative estimate of drug-likeness (QED) is 0.874. The van der Waals surface area contributed by atoms with Crippen molar-refractivity contribution in [2.45, 2.75) is 19.9 Å². The van der Waals surface area contributed by atoms with Crippen molar-refractivity contribution in [3.8, 4) is 0 Å². The topological polar surface area (TPSA) is 24.9 Å². The summed E-state index contributed by atoms with van der Waals surface area (Å²) in [7, 11) is 0. The lowest BCUT2D eigenvalue weighted by Crippen LogP contribution is -2.15. The molecule has 2 nitrogen and oxygen atoms in total. The molecule has 2 aromatic rings. The molecule has 0 aliphatic rings. The number of thiophene rings is 1. The Balaban J connectivity index is 2.23. The zero-order valence-corrected chi connectivity index (χ0v) is 11.4. The first-order chi connectivity index (χ1) is 8.18. The molecular weight excluding hydrogens is 252 g/mol. The van der Waals surface area contributed by atoms with Crippen LogP contribution in [0.5, 0.6) is 0 Å². The van der Waals surface area contributed by atoms with Crippen LogP contribution in [0.3, 0.4) is 0 Å². The van der Waals surface area contributed by atoms with Gasteiger partial charge in [-0.3, -0.25) is 4.98 Å². The normalized spacial score (nSPS) is 12.7. The van der Waals surface area contributed by atoms with E-state index in [1.807, 2.05) is 0 Å². The van der Waals surface area contributed by atoms with Crippen molar-refractivity contribution in [2.24, 2.45) is 5.92 Å². The molecule has 1 atom stereocenters. The highest BCUT2D eigenvalue weighted by atomic mass is 35.5. The van der Waals surface area contributed by atoms with Gasteiger partial charge in [0, 0.05) is 11.1 Å². The molecule has 2 aromatic heterocycles. The van der Waals surface area contributed by atoms with Crippen molar-refractivity contribution in [3.63, 3.8) is 0 Å². The van der Waals surface area contributed by atoms with Crippen LogP contribution in [0.2, 0.25) is 5.02 Å². The maximum absolute atomic E-state index is 6.14. The first-order valence-electron chi connectivity index (χ1n) is 5.58. The molecule has 0 aliphatic heterocycles. The van der Waals surface area contributed by atoms with E-state index >= 15 is 0 Å². The molecule has 0 radical (unpaired) electrons. The van der Waals surface area contributed by atoms with Gasteiger partial charge in [-0.05, 0) is 23.4 Å². The molecule has 90 valence electrons. The van der Waals surface area contributed by atoms with Gasteiger partial charge in [-0.2, -0.15) is 0 Å². The molecule has 0 spiro atoms. The number of pyridine rings is 1. The number of hydrogen-bond acceptors (Lipinski definition) is 3. The number of nitrogens with one attached hydrogen (secondary N) is 1. The minimum Gasteiger partial charge on any atom is -0.375 e. The minimum absolute atomic E-state index is 0.275. The summed E-state index contributed by atoms with van der Waals surface area (Å²) in [5.41, 5.74) is 0.890. The summed E-state index contributed by atoms with van der Waals surface area (Å²) in [6.07, 6.45) is 3.47. The Labute approximate surface area is 111 Å². The van der Waals surface area contributed by atoms with Gasteiger partial charge in [-0.25, -0.2) is 0 Å². The Morgan fingerprint density at radius 1 is 1.35 bits per heavy atom. The minimum atomic E-state index is 0.275. The lowest BCUT2D eigenvalue weighted by Gasteiger charge is -2.22. The summed E-state index contributed by atoms with van der Waals surface area (Å²) in [5, 5.41) is 6.27. The van der Waals surface area contributed by atoms with Crippen LogP contribution in [-0.4, -0.2) is 4.98 Å². The van der Waals surface area contributed by atoms with E-state index in [-0.39, 0.29) is 6.04 Å². The van der Waals surface area contributed by atoms with Crippen molar-refractivity contribution in [1.29, 1.82) is 0 Å². The van der Waals surface area contributed by atoms with E-state index in [2.05, 4.69) is 41.7 Å². The standard InChI is InChI=1S/C13H15ClN2S/c1-9(2)13(12-4-3-7-17-12)16-11-8-15-6-5-10(11)14/h3-9,13,16H,1-2H3. The second-order valence-corrected chi connectivity index (χ2v) is 5.62. The number of halogens is 1. The van der Waals surface area contributed by atoms with E-state index in [4.69, 9.17) is 11.6 Å². The van der Waals surface area contributed by atoms with Gasteiger partial charge >= 0.3 is 0 Å². The fraction of sp³-hybridized carbons (Fsp3) is 0.308. The van der Waals surface area contributed by atoms with E-state index in [0.717, 1.165) is 5.69 Å². The van der Waals surface area contributed by atoms with E-state index in [0.29, 0.717) is 10.9 Å². The summed E-state index contributed by atoms with van der Waals surface area (Å²) in [6.45, 7) is 4.39. The van der Waals surface area contributed by atoms with Gasteiger partial charge in [0.15, 0.2) is 0 Å². The van der Waals surface area contributed by atoms with Gasteiger partial charge in [0.25, 0.3) is 0 Å². The number of aromatic nitrogens is 1. The molecule has 0 fully saturated rings. The van der Waals surface area contributed by atoms with Crippen LogP contribution in [-0.2, 0) is 0 Å². The third-order valence-electron chi connectivity index (χ3n) is 2.60. The third-order valence-corrected chi connectivity index (χ3v) is 3.88. The van der Waals surface area contributed by atoms with Gasteiger partial charge in [-0.15, -0.1) is 11.3 Å². The lowest BCUT2D eigenvalue weighted by molar-refractivity contribution is 0.553.